The van der Waals surface area contributed by atoms with E-state index in [-0.39, 0.29) is 11.8 Å². The largest absolute Gasteiger partial charge is 0.385 e. The highest BCUT2D eigenvalue weighted by Crippen LogP contribution is 2.33. The Bertz CT molecular complexity index is 715. The lowest BCUT2D eigenvalue weighted by atomic mass is 9.93. The van der Waals surface area contributed by atoms with Gasteiger partial charge < -0.3 is 5.32 Å². The van der Waals surface area contributed by atoms with Crippen LogP contribution < -0.4 is 5.32 Å². The zero-order valence-corrected chi connectivity index (χ0v) is 12.3. The zero-order chi connectivity index (χ0) is 15.0. The van der Waals surface area contributed by atoms with E-state index in [2.05, 4.69) is 12.2 Å². The van der Waals surface area contributed by atoms with Crippen molar-refractivity contribution in [1.29, 1.82) is 0 Å². The molecular formula is C17H18N2O2. The molecular weight excluding hydrogens is 264 g/mol. The molecule has 1 aliphatic heterocycles. The summed E-state index contributed by atoms with van der Waals surface area (Å²) < 4.78 is 0. The average molecular weight is 282 g/mol. The van der Waals surface area contributed by atoms with E-state index in [1.165, 1.54) is 11.9 Å². The van der Waals surface area contributed by atoms with Crippen LogP contribution in [0.2, 0.25) is 0 Å². The second kappa shape index (κ2) is 5.20. The Labute approximate surface area is 123 Å². The minimum Gasteiger partial charge on any atom is -0.385 e. The number of amides is 2. The van der Waals surface area contributed by atoms with Crippen LogP contribution >= 0.6 is 0 Å². The topological polar surface area (TPSA) is 49.4 Å². The van der Waals surface area contributed by atoms with Crippen LogP contribution in [0.25, 0.3) is 10.8 Å². The molecule has 1 heterocycles. The number of imide groups is 1. The quantitative estimate of drug-likeness (QED) is 0.691. The third kappa shape index (κ3) is 2.07. The fourth-order valence-corrected chi connectivity index (χ4v) is 2.77. The number of benzene rings is 2. The predicted molar refractivity (Wildman–Crippen MR) is 83.8 cm³/mol. The number of carbonyl (C=O) groups excluding carboxylic acids is 2. The molecule has 0 unspecified atom stereocenters. The van der Waals surface area contributed by atoms with Gasteiger partial charge in [0.05, 0.1) is 0 Å². The van der Waals surface area contributed by atoms with E-state index in [4.69, 9.17) is 0 Å². The first-order valence-corrected chi connectivity index (χ1v) is 7.27. The van der Waals surface area contributed by atoms with Gasteiger partial charge >= 0.3 is 0 Å². The number of hydrogen-bond acceptors (Lipinski definition) is 3. The summed E-state index contributed by atoms with van der Waals surface area (Å²) in [5.41, 5.74) is 2.18. The van der Waals surface area contributed by atoms with Gasteiger partial charge in [0.25, 0.3) is 11.8 Å². The first-order valence-electron chi connectivity index (χ1n) is 7.27. The predicted octanol–water partition coefficient (Wildman–Crippen LogP) is 3.28. The highest BCUT2D eigenvalue weighted by molar-refractivity contribution is 6.26. The van der Waals surface area contributed by atoms with E-state index in [9.17, 15) is 9.59 Å². The maximum Gasteiger partial charge on any atom is 0.261 e. The number of carbonyl (C=O) groups is 2. The minimum absolute atomic E-state index is 0.233. The Morgan fingerprint density at radius 1 is 1.05 bits per heavy atom. The van der Waals surface area contributed by atoms with Crippen molar-refractivity contribution in [2.45, 2.75) is 19.8 Å². The van der Waals surface area contributed by atoms with Gasteiger partial charge in [0.2, 0.25) is 0 Å². The summed E-state index contributed by atoms with van der Waals surface area (Å²) in [7, 11) is 1.53. The van der Waals surface area contributed by atoms with Crippen molar-refractivity contribution in [3.8, 4) is 0 Å². The summed E-state index contributed by atoms with van der Waals surface area (Å²) in [5.74, 6) is -0.465. The molecule has 0 atom stereocenters. The van der Waals surface area contributed by atoms with Crippen molar-refractivity contribution in [3.05, 3.63) is 41.5 Å². The maximum absolute atomic E-state index is 12.3. The normalized spacial score (nSPS) is 13.9. The maximum atomic E-state index is 12.3. The van der Waals surface area contributed by atoms with Crippen LogP contribution in [-0.4, -0.2) is 30.3 Å². The zero-order valence-electron chi connectivity index (χ0n) is 12.3. The van der Waals surface area contributed by atoms with Crippen LogP contribution in [0.15, 0.2) is 30.3 Å². The third-order valence-electron chi connectivity index (χ3n) is 3.96. The van der Waals surface area contributed by atoms with Crippen molar-refractivity contribution in [2.75, 3.05) is 18.9 Å². The van der Waals surface area contributed by atoms with Crippen LogP contribution in [0, 0.1) is 0 Å². The Hall–Kier alpha value is -2.36. The summed E-state index contributed by atoms with van der Waals surface area (Å²) in [6.07, 6.45) is 2.21. The number of nitrogens with one attached hydrogen (secondary N) is 1. The van der Waals surface area contributed by atoms with E-state index in [0.29, 0.717) is 11.1 Å². The van der Waals surface area contributed by atoms with Crippen LogP contribution in [0.3, 0.4) is 0 Å². The van der Waals surface area contributed by atoms with Gasteiger partial charge in [-0.05, 0) is 24.6 Å². The molecule has 0 bridgehead atoms. The molecule has 3 rings (SSSR count). The summed E-state index contributed by atoms with van der Waals surface area (Å²) in [5, 5.41) is 5.11. The highest BCUT2D eigenvalue weighted by atomic mass is 16.2. The first-order chi connectivity index (χ1) is 10.1. The van der Waals surface area contributed by atoms with Gasteiger partial charge in [-0.3, -0.25) is 14.5 Å². The molecule has 4 heteroatoms. The van der Waals surface area contributed by atoms with Crippen LogP contribution in [0.1, 0.15) is 40.5 Å². The average Bonchev–Trinajstić information content (AvgIpc) is 2.51. The molecule has 1 N–H and O–H groups in total. The monoisotopic (exact) mass is 282 g/mol. The molecule has 4 nitrogen and oxygen atoms in total. The Kier molecular flexibility index (Phi) is 3.37. The van der Waals surface area contributed by atoms with Gasteiger partial charge in [0.15, 0.2) is 0 Å². The third-order valence-corrected chi connectivity index (χ3v) is 3.96. The molecule has 0 saturated heterocycles. The van der Waals surface area contributed by atoms with E-state index in [0.717, 1.165) is 35.8 Å². The SMILES string of the molecule is CCCCNc1ccc2c3c(cccc13)C(=O)N(C)C2=O. The molecule has 0 saturated carbocycles. The van der Waals surface area contributed by atoms with Gasteiger partial charge in [-0.25, -0.2) is 0 Å². The highest BCUT2D eigenvalue weighted by Gasteiger charge is 2.30. The van der Waals surface area contributed by atoms with E-state index in [1.54, 1.807) is 6.07 Å². The summed E-state index contributed by atoms with van der Waals surface area (Å²) in [6.45, 7) is 3.03. The number of rotatable bonds is 4. The molecule has 21 heavy (non-hydrogen) atoms. The number of nitrogens with zero attached hydrogens (tertiary/aromatic N) is 1. The molecule has 0 radical (unpaired) electrons. The Morgan fingerprint density at radius 2 is 1.76 bits per heavy atom. The lowest BCUT2D eigenvalue weighted by Crippen LogP contribution is -2.36. The first kappa shape index (κ1) is 13.6. The van der Waals surface area contributed by atoms with E-state index in [1.807, 2.05) is 24.3 Å². The smallest absolute Gasteiger partial charge is 0.261 e. The van der Waals surface area contributed by atoms with E-state index < -0.39 is 0 Å². The molecule has 0 spiro atoms. The molecule has 2 amide bonds. The van der Waals surface area contributed by atoms with Gasteiger partial charge in [0.1, 0.15) is 0 Å². The van der Waals surface area contributed by atoms with Crippen LogP contribution in [-0.2, 0) is 0 Å². The van der Waals surface area contributed by atoms with Crippen molar-refractivity contribution < 1.29 is 9.59 Å². The molecule has 2 aromatic rings. The minimum atomic E-state index is -0.233. The van der Waals surface area contributed by atoms with Crippen molar-refractivity contribution in [3.63, 3.8) is 0 Å². The second-order valence-corrected chi connectivity index (χ2v) is 5.34. The molecule has 0 aromatic heterocycles. The fraction of sp³-hybridized carbons (Fsp3) is 0.294. The van der Waals surface area contributed by atoms with E-state index >= 15 is 0 Å². The standard InChI is InChI=1S/C17H18N2O2/c1-3-4-10-18-14-9-8-13-15-11(14)6-5-7-12(15)16(20)19(2)17(13)21/h5-9,18H,3-4,10H2,1-2H3. The molecule has 1 aliphatic rings. The van der Waals surface area contributed by atoms with Crippen LogP contribution in [0.4, 0.5) is 5.69 Å². The number of hydrogen-bond donors (Lipinski definition) is 1. The van der Waals surface area contributed by atoms with Gasteiger partial charge in [-0.2, -0.15) is 0 Å². The summed E-state index contributed by atoms with van der Waals surface area (Å²) in [4.78, 5) is 25.7. The van der Waals surface area contributed by atoms with Crippen molar-refractivity contribution in [2.24, 2.45) is 0 Å². The molecule has 108 valence electrons. The molecule has 0 fully saturated rings. The van der Waals surface area contributed by atoms with Gasteiger partial charge in [-0.1, -0.05) is 25.5 Å². The number of anilines is 1. The second-order valence-electron chi connectivity index (χ2n) is 5.34. The number of unbranched alkanes of at least 4 members (excludes halogenated alkanes) is 1. The Balaban J connectivity index is 2.18. The van der Waals surface area contributed by atoms with Gasteiger partial charge in [0, 0.05) is 41.2 Å². The molecule has 2 aromatic carbocycles. The summed E-state index contributed by atoms with van der Waals surface area (Å²) in [6, 6.07) is 9.35. The Morgan fingerprint density at radius 3 is 2.48 bits per heavy atom. The van der Waals surface area contributed by atoms with Crippen molar-refractivity contribution >= 4 is 28.3 Å². The van der Waals surface area contributed by atoms with Gasteiger partial charge in [-0.15, -0.1) is 0 Å². The molecule has 0 aliphatic carbocycles. The lowest BCUT2D eigenvalue weighted by Gasteiger charge is -2.24. The lowest BCUT2D eigenvalue weighted by molar-refractivity contribution is 0.0651. The van der Waals surface area contributed by atoms with Crippen molar-refractivity contribution in [1.82, 2.24) is 4.90 Å². The van der Waals surface area contributed by atoms with Crippen LogP contribution in [0.5, 0.6) is 0 Å². The summed E-state index contributed by atoms with van der Waals surface area (Å²) >= 11 is 0. The fourth-order valence-electron chi connectivity index (χ4n) is 2.77.